The van der Waals surface area contributed by atoms with Crippen LogP contribution < -0.4 is 16.0 Å². The molecule has 0 aliphatic heterocycles. The Morgan fingerprint density at radius 2 is 1.63 bits per heavy atom. The highest BCUT2D eigenvalue weighted by Crippen LogP contribution is 2.53. The number of amides is 3. The van der Waals surface area contributed by atoms with Crippen molar-refractivity contribution in [3.63, 3.8) is 0 Å². The number of carbonyl (C=O) groups is 2. The third-order valence-corrected chi connectivity index (χ3v) is 6.65. The zero-order valence-electron chi connectivity index (χ0n) is 15.8. The van der Waals surface area contributed by atoms with Gasteiger partial charge in [-0.05, 0) is 80.4 Å². The minimum atomic E-state index is -0.393. The van der Waals surface area contributed by atoms with E-state index in [1.54, 1.807) is 19.1 Å². The Bertz CT molecular complexity index is 708. The van der Waals surface area contributed by atoms with Crippen molar-refractivity contribution in [2.45, 2.75) is 45.1 Å². The Balaban J connectivity index is 1.19. The van der Waals surface area contributed by atoms with E-state index in [0.717, 1.165) is 11.8 Å². The third-order valence-electron chi connectivity index (χ3n) is 6.65. The predicted molar refractivity (Wildman–Crippen MR) is 101 cm³/mol. The fourth-order valence-electron chi connectivity index (χ4n) is 5.55. The fraction of sp³-hybridized carbons (Fsp3) is 0.619. The Kier molecular flexibility index (Phi) is 5.06. The molecule has 1 aromatic carbocycles. The summed E-state index contributed by atoms with van der Waals surface area (Å²) < 4.78 is 13.5. The summed E-state index contributed by atoms with van der Waals surface area (Å²) in [4.78, 5) is 24.3. The minimum absolute atomic E-state index is 0.150. The van der Waals surface area contributed by atoms with Gasteiger partial charge in [-0.2, -0.15) is 0 Å². The molecule has 4 aliphatic carbocycles. The van der Waals surface area contributed by atoms with Crippen molar-refractivity contribution in [1.82, 2.24) is 16.0 Å². The number of urea groups is 1. The molecule has 0 aromatic heterocycles. The molecule has 0 radical (unpaired) electrons. The number of carbonyl (C=O) groups excluding carboxylic acids is 2. The van der Waals surface area contributed by atoms with Crippen LogP contribution in [0.1, 0.15) is 48.0 Å². The van der Waals surface area contributed by atoms with Crippen molar-refractivity contribution in [1.29, 1.82) is 0 Å². The summed E-state index contributed by atoms with van der Waals surface area (Å²) in [5.74, 6) is 2.32. The van der Waals surface area contributed by atoms with Crippen LogP contribution in [0, 0.1) is 36.4 Å². The molecule has 0 saturated heterocycles. The van der Waals surface area contributed by atoms with E-state index in [-0.39, 0.29) is 17.5 Å². The van der Waals surface area contributed by atoms with Gasteiger partial charge in [0.1, 0.15) is 5.82 Å². The first-order chi connectivity index (χ1) is 13.0. The Morgan fingerprint density at radius 1 is 1.00 bits per heavy atom. The lowest BCUT2D eigenvalue weighted by Crippen LogP contribution is -2.57. The molecule has 146 valence electrons. The quantitative estimate of drug-likeness (QED) is 0.695. The number of nitrogens with one attached hydrogen (secondary N) is 3. The van der Waals surface area contributed by atoms with Gasteiger partial charge in [0.25, 0.3) is 5.91 Å². The molecule has 27 heavy (non-hydrogen) atoms. The number of hydrogen-bond donors (Lipinski definition) is 3. The number of rotatable bonds is 5. The average Bonchev–Trinajstić information content (AvgIpc) is 2.63. The molecule has 1 aromatic rings. The molecular formula is C21H28FN3O2. The van der Waals surface area contributed by atoms with E-state index in [2.05, 4.69) is 16.0 Å². The zero-order valence-corrected chi connectivity index (χ0v) is 15.8. The lowest BCUT2D eigenvalue weighted by atomic mass is 9.54. The van der Waals surface area contributed by atoms with Crippen molar-refractivity contribution >= 4 is 11.9 Å². The van der Waals surface area contributed by atoms with Crippen LogP contribution in [-0.2, 0) is 0 Å². The summed E-state index contributed by atoms with van der Waals surface area (Å²) in [6.45, 7) is 2.31. The molecule has 0 heterocycles. The van der Waals surface area contributed by atoms with Crippen molar-refractivity contribution < 1.29 is 14.0 Å². The monoisotopic (exact) mass is 373 g/mol. The van der Waals surface area contributed by atoms with Crippen LogP contribution in [0.5, 0.6) is 0 Å². The Morgan fingerprint density at radius 3 is 2.26 bits per heavy atom. The first-order valence-electron chi connectivity index (χ1n) is 10.1. The van der Waals surface area contributed by atoms with Crippen molar-refractivity contribution in [3.8, 4) is 0 Å². The Labute approximate surface area is 159 Å². The smallest absolute Gasteiger partial charge is 0.315 e. The summed E-state index contributed by atoms with van der Waals surface area (Å²) in [6.07, 6.45) is 6.46. The maximum atomic E-state index is 13.5. The van der Waals surface area contributed by atoms with Gasteiger partial charge in [0.05, 0.1) is 0 Å². The molecule has 5 nitrogen and oxygen atoms in total. The van der Waals surface area contributed by atoms with Crippen LogP contribution in [0.15, 0.2) is 18.2 Å². The number of hydrogen-bond acceptors (Lipinski definition) is 2. The number of benzene rings is 1. The highest BCUT2D eigenvalue weighted by atomic mass is 19.1. The topological polar surface area (TPSA) is 70.2 Å². The highest BCUT2D eigenvalue weighted by Gasteiger charge is 2.48. The van der Waals surface area contributed by atoms with Gasteiger partial charge in [0, 0.05) is 24.7 Å². The first-order valence-corrected chi connectivity index (χ1v) is 10.1. The summed E-state index contributed by atoms with van der Waals surface area (Å²) in [6, 6.07) is 4.57. The van der Waals surface area contributed by atoms with Gasteiger partial charge in [0.15, 0.2) is 0 Å². The Hall–Kier alpha value is -2.11. The van der Waals surface area contributed by atoms with Gasteiger partial charge >= 0.3 is 6.03 Å². The minimum Gasteiger partial charge on any atom is -0.350 e. The zero-order chi connectivity index (χ0) is 19.0. The largest absolute Gasteiger partial charge is 0.350 e. The molecule has 3 amide bonds. The van der Waals surface area contributed by atoms with E-state index in [9.17, 15) is 14.0 Å². The van der Waals surface area contributed by atoms with Gasteiger partial charge < -0.3 is 16.0 Å². The van der Waals surface area contributed by atoms with Gasteiger partial charge in [-0.1, -0.05) is 6.07 Å². The second-order valence-corrected chi connectivity index (χ2v) is 8.58. The summed E-state index contributed by atoms with van der Waals surface area (Å²) in [5, 5.41) is 8.72. The lowest BCUT2D eigenvalue weighted by molar-refractivity contribution is -0.00939. The normalized spacial score (nSPS) is 30.8. The average molecular weight is 373 g/mol. The maximum absolute atomic E-state index is 13.5. The molecular weight excluding hydrogens is 345 g/mol. The molecule has 4 fully saturated rings. The van der Waals surface area contributed by atoms with E-state index in [1.807, 2.05) is 0 Å². The van der Waals surface area contributed by atoms with Crippen LogP contribution in [0.4, 0.5) is 9.18 Å². The molecule has 0 spiro atoms. The summed E-state index contributed by atoms with van der Waals surface area (Å²) in [7, 11) is 0. The van der Waals surface area contributed by atoms with E-state index < -0.39 is 5.82 Å². The molecule has 4 saturated carbocycles. The number of halogens is 1. The van der Waals surface area contributed by atoms with E-state index >= 15 is 0 Å². The molecule has 6 heteroatoms. The standard InChI is InChI=1S/C21H28FN3O2/c1-12-2-3-15(11-18(12)22)20(26)23-4-5-24-21(27)25-19-16-7-13-6-14(9-16)10-17(19)8-13/h2-3,11,13-14,16-17,19H,4-10H2,1H3,(H,23,26)(H2,24,25,27). The fourth-order valence-corrected chi connectivity index (χ4v) is 5.55. The van der Waals surface area contributed by atoms with Gasteiger partial charge in [0.2, 0.25) is 0 Å². The van der Waals surface area contributed by atoms with Crippen LogP contribution in [-0.4, -0.2) is 31.1 Å². The summed E-state index contributed by atoms with van der Waals surface area (Å²) in [5.41, 5.74) is 0.797. The molecule has 3 N–H and O–H groups in total. The van der Waals surface area contributed by atoms with Gasteiger partial charge in [-0.3, -0.25) is 4.79 Å². The lowest BCUT2D eigenvalue weighted by Gasteiger charge is -2.54. The van der Waals surface area contributed by atoms with Gasteiger partial charge in [-0.25, -0.2) is 9.18 Å². The molecule has 5 rings (SSSR count). The van der Waals surface area contributed by atoms with Crippen LogP contribution in [0.25, 0.3) is 0 Å². The molecule has 4 bridgehead atoms. The molecule has 0 atom stereocenters. The third kappa shape index (κ3) is 3.94. The van der Waals surface area contributed by atoms with Crippen LogP contribution >= 0.6 is 0 Å². The molecule has 0 unspecified atom stereocenters. The van der Waals surface area contributed by atoms with Crippen LogP contribution in [0.2, 0.25) is 0 Å². The summed E-state index contributed by atoms with van der Waals surface area (Å²) >= 11 is 0. The van der Waals surface area contributed by atoms with Crippen LogP contribution in [0.3, 0.4) is 0 Å². The van der Waals surface area contributed by atoms with Crippen molar-refractivity contribution in [2.24, 2.45) is 23.7 Å². The van der Waals surface area contributed by atoms with Gasteiger partial charge in [-0.15, -0.1) is 0 Å². The second kappa shape index (κ2) is 7.49. The highest BCUT2D eigenvalue weighted by molar-refractivity contribution is 5.94. The van der Waals surface area contributed by atoms with E-state index in [4.69, 9.17) is 0 Å². The predicted octanol–water partition coefficient (Wildman–Crippen LogP) is 2.99. The van der Waals surface area contributed by atoms with Crippen molar-refractivity contribution in [2.75, 3.05) is 13.1 Å². The SMILES string of the molecule is Cc1ccc(C(=O)NCCNC(=O)NC2C3CC4CC(C3)CC2C4)cc1F. The first kappa shape index (κ1) is 18.3. The van der Waals surface area contributed by atoms with E-state index in [0.29, 0.717) is 36.5 Å². The maximum Gasteiger partial charge on any atom is 0.315 e. The van der Waals surface area contributed by atoms with E-state index in [1.165, 1.54) is 38.2 Å². The molecule has 4 aliphatic rings. The number of aryl methyl sites for hydroxylation is 1. The second-order valence-electron chi connectivity index (χ2n) is 8.58. The van der Waals surface area contributed by atoms with Crippen molar-refractivity contribution in [3.05, 3.63) is 35.1 Å².